The van der Waals surface area contributed by atoms with Crippen molar-refractivity contribution in [3.8, 4) is 0 Å². The molecule has 1 amide bonds. The smallest absolute Gasteiger partial charge is 0.243 e. The van der Waals surface area contributed by atoms with Gasteiger partial charge in [-0.2, -0.15) is 4.31 Å². The lowest BCUT2D eigenvalue weighted by Crippen LogP contribution is -2.33. The van der Waals surface area contributed by atoms with E-state index in [0.717, 1.165) is 17.0 Å². The van der Waals surface area contributed by atoms with Gasteiger partial charge in [0.15, 0.2) is 0 Å². The highest BCUT2D eigenvalue weighted by Crippen LogP contribution is 2.25. The number of benzene rings is 1. The molecule has 2 heterocycles. The molecule has 1 saturated heterocycles. The van der Waals surface area contributed by atoms with Gasteiger partial charge in [-0.15, -0.1) is 11.3 Å². The number of hydrogen-bond donors (Lipinski definition) is 0. The van der Waals surface area contributed by atoms with Gasteiger partial charge in [0.25, 0.3) is 0 Å². The van der Waals surface area contributed by atoms with Crippen molar-refractivity contribution in [3.05, 3.63) is 46.7 Å². The van der Waals surface area contributed by atoms with Crippen molar-refractivity contribution >= 4 is 33.0 Å². The lowest BCUT2D eigenvalue weighted by Gasteiger charge is -2.22. The normalized spacial score (nSPS) is 15.2. The second kappa shape index (κ2) is 8.30. The van der Waals surface area contributed by atoms with E-state index in [1.165, 1.54) is 15.6 Å². The Morgan fingerprint density at radius 2 is 2.00 bits per heavy atom. The number of hydrogen-bond acceptors (Lipinski definition) is 5. The van der Waals surface area contributed by atoms with Crippen molar-refractivity contribution in [2.45, 2.75) is 24.3 Å². The second-order valence-corrected chi connectivity index (χ2v) is 9.02. The van der Waals surface area contributed by atoms with Crippen LogP contribution < -0.4 is 4.90 Å². The first kappa shape index (κ1) is 19.0. The fraction of sp³-hybridized carbons (Fsp3) is 0.389. The Bertz CT molecular complexity index is 833. The van der Waals surface area contributed by atoms with Crippen LogP contribution in [0.4, 0.5) is 5.69 Å². The van der Waals surface area contributed by atoms with E-state index in [2.05, 4.69) is 0 Å². The Balaban J connectivity index is 1.82. The third-order valence-corrected chi connectivity index (χ3v) is 7.04. The molecule has 1 aromatic carbocycles. The zero-order valence-electron chi connectivity index (χ0n) is 14.6. The molecule has 1 aliphatic heterocycles. The lowest BCUT2D eigenvalue weighted by molar-refractivity contribution is -0.117. The lowest BCUT2D eigenvalue weighted by atomic mass is 10.3. The summed E-state index contributed by atoms with van der Waals surface area (Å²) in [6.45, 7) is 1.60. The molecular formula is C18H22N2O4S2. The van der Waals surface area contributed by atoms with Crippen LogP contribution in [0.5, 0.6) is 0 Å². The Labute approximate surface area is 158 Å². The van der Waals surface area contributed by atoms with Gasteiger partial charge in [-0.25, -0.2) is 8.42 Å². The van der Waals surface area contributed by atoms with Gasteiger partial charge in [0, 0.05) is 43.7 Å². The number of amides is 1. The zero-order chi connectivity index (χ0) is 18.6. The molecule has 0 radical (unpaired) electrons. The summed E-state index contributed by atoms with van der Waals surface area (Å²) in [5, 5.41) is 1.93. The van der Waals surface area contributed by atoms with Gasteiger partial charge in [-0.05, 0) is 42.1 Å². The third kappa shape index (κ3) is 4.15. The summed E-state index contributed by atoms with van der Waals surface area (Å²) in [4.78, 5) is 14.7. The van der Waals surface area contributed by atoms with Crippen molar-refractivity contribution in [3.63, 3.8) is 0 Å². The van der Waals surface area contributed by atoms with Crippen molar-refractivity contribution in [2.75, 3.05) is 31.7 Å². The number of carbonyl (C=O) groups excluding carboxylic acids is 1. The topological polar surface area (TPSA) is 66.9 Å². The number of thiophene rings is 1. The Morgan fingerprint density at radius 3 is 2.58 bits per heavy atom. The minimum atomic E-state index is -3.65. The average Bonchev–Trinajstić information content (AvgIpc) is 3.30. The van der Waals surface area contributed by atoms with E-state index in [4.69, 9.17) is 4.74 Å². The van der Waals surface area contributed by atoms with Gasteiger partial charge in [-0.3, -0.25) is 4.79 Å². The number of sulfonamides is 1. The molecule has 2 aromatic rings. The average molecular weight is 395 g/mol. The largest absolute Gasteiger partial charge is 0.383 e. The van der Waals surface area contributed by atoms with E-state index >= 15 is 0 Å². The first-order valence-corrected chi connectivity index (χ1v) is 10.8. The molecule has 0 N–H and O–H groups in total. The van der Waals surface area contributed by atoms with Gasteiger partial charge in [0.1, 0.15) is 0 Å². The molecule has 140 valence electrons. The maximum atomic E-state index is 13.1. The van der Waals surface area contributed by atoms with E-state index in [-0.39, 0.29) is 17.3 Å². The van der Waals surface area contributed by atoms with Crippen molar-refractivity contribution in [1.29, 1.82) is 0 Å². The van der Waals surface area contributed by atoms with Crippen LogP contribution in [0.3, 0.4) is 0 Å². The Morgan fingerprint density at radius 1 is 1.23 bits per heavy atom. The molecule has 0 saturated carbocycles. The predicted molar refractivity (Wildman–Crippen MR) is 102 cm³/mol. The maximum absolute atomic E-state index is 13.1. The minimum absolute atomic E-state index is 0.0834. The van der Waals surface area contributed by atoms with Crippen molar-refractivity contribution < 1.29 is 17.9 Å². The predicted octanol–water partition coefficient (Wildman–Crippen LogP) is 2.71. The molecule has 0 spiro atoms. The SMILES string of the molecule is COCCN(Cc1cccs1)S(=O)(=O)c1ccc(N2CCCC2=O)cc1. The van der Waals surface area contributed by atoms with Crippen LogP contribution in [0.1, 0.15) is 17.7 Å². The summed E-state index contributed by atoms with van der Waals surface area (Å²) < 4.78 is 32.6. The van der Waals surface area contributed by atoms with E-state index < -0.39 is 10.0 Å². The number of rotatable bonds is 8. The molecule has 0 atom stereocenters. The highest BCUT2D eigenvalue weighted by atomic mass is 32.2. The van der Waals surface area contributed by atoms with Gasteiger partial charge in [-0.1, -0.05) is 6.07 Å². The quantitative estimate of drug-likeness (QED) is 0.690. The van der Waals surface area contributed by atoms with E-state index in [9.17, 15) is 13.2 Å². The number of methoxy groups -OCH3 is 1. The summed E-state index contributed by atoms with van der Waals surface area (Å²) in [7, 11) is -2.09. The first-order chi connectivity index (χ1) is 12.5. The van der Waals surface area contributed by atoms with Gasteiger partial charge >= 0.3 is 0 Å². The Hall–Kier alpha value is -1.74. The fourth-order valence-corrected chi connectivity index (χ4v) is 5.13. The Kier molecular flexibility index (Phi) is 6.08. The van der Waals surface area contributed by atoms with Gasteiger partial charge < -0.3 is 9.64 Å². The molecule has 0 unspecified atom stereocenters. The molecular weight excluding hydrogens is 372 g/mol. The van der Waals surface area contributed by atoms with Crippen LogP contribution in [-0.4, -0.2) is 45.4 Å². The van der Waals surface area contributed by atoms with Crippen molar-refractivity contribution in [2.24, 2.45) is 0 Å². The molecule has 0 bridgehead atoms. The van der Waals surface area contributed by atoms with Gasteiger partial charge in [0.05, 0.1) is 11.5 Å². The number of carbonyl (C=O) groups is 1. The molecule has 1 aliphatic rings. The molecule has 0 aliphatic carbocycles. The molecule has 3 rings (SSSR count). The van der Waals surface area contributed by atoms with Crippen LogP contribution in [-0.2, 0) is 26.1 Å². The van der Waals surface area contributed by atoms with Crippen LogP contribution in [0.15, 0.2) is 46.7 Å². The molecule has 8 heteroatoms. The van der Waals surface area contributed by atoms with E-state index in [0.29, 0.717) is 26.1 Å². The van der Waals surface area contributed by atoms with Gasteiger partial charge in [0.2, 0.25) is 15.9 Å². The molecule has 26 heavy (non-hydrogen) atoms. The van der Waals surface area contributed by atoms with Crippen LogP contribution >= 0.6 is 11.3 Å². The standard InChI is InChI=1S/C18H22N2O4S2/c1-24-12-11-19(14-16-4-3-13-25-16)26(22,23)17-8-6-15(7-9-17)20-10-2-5-18(20)21/h3-4,6-9,13H,2,5,10-12,14H2,1H3. The second-order valence-electron chi connectivity index (χ2n) is 6.05. The summed E-state index contributed by atoms with van der Waals surface area (Å²) in [5.41, 5.74) is 0.744. The highest BCUT2D eigenvalue weighted by molar-refractivity contribution is 7.89. The van der Waals surface area contributed by atoms with Crippen LogP contribution in [0.2, 0.25) is 0 Å². The molecule has 1 fully saturated rings. The molecule has 6 nitrogen and oxygen atoms in total. The summed E-state index contributed by atoms with van der Waals surface area (Å²) in [5.74, 6) is 0.0834. The van der Waals surface area contributed by atoms with E-state index in [1.807, 2.05) is 17.5 Å². The molecule has 1 aromatic heterocycles. The monoisotopic (exact) mass is 394 g/mol. The first-order valence-electron chi connectivity index (χ1n) is 8.44. The van der Waals surface area contributed by atoms with E-state index in [1.54, 1.807) is 36.3 Å². The van der Waals surface area contributed by atoms with Crippen LogP contribution in [0, 0.1) is 0 Å². The maximum Gasteiger partial charge on any atom is 0.243 e. The zero-order valence-corrected chi connectivity index (χ0v) is 16.3. The number of ether oxygens (including phenoxy) is 1. The summed E-state index contributed by atoms with van der Waals surface area (Å²) in [6, 6.07) is 10.4. The fourth-order valence-electron chi connectivity index (χ4n) is 2.92. The summed E-state index contributed by atoms with van der Waals surface area (Å²) in [6.07, 6.45) is 1.39. The third-order valence-electron chi connectivity index (χ3n) is 4.32. The minimum Gasteiger partial charge on any atom is -0.383 e. The summed E-state index contributed by atoms with van der Waals surface area (Å²) >= 11 is 1.52. The number of anilines is 1. The highest BCUT2D eigenvalue weighted by Gasteiger charge is 2.26. The van der Waals surface area contributed by atoms with Crippen molar-refractivity contribution in [1.82, 2.24) is 4.31 Å². The van der Waals surface area contributed by atoms with Crippen LogP contribution in [0.25, 0.3) is 0 Å². The number of nitrogens with zero attached hydrogens (tertiary/aromatic N) is 2.